The number of rotatable bonds is 5. The summed E-state index contributed by atoms with van der Waals surface area (Å²) in [6.07, 6.45) is -0.185. The summed E-state index contributed by atoms with van der Waals surface area (Å²) in [4.78, 5) is 5.74. The van der Waals surface area contributed by atoms with Crippen LogP contribution in [0.2, 0.25) is 0 Å². The number of anilines is 3. The zero-order chi connectivity index (χ0) is 19.7. The number of benzene rings is 1. The van der Waals surface area contributed by atoms with Crippen molar-refractivity contribution in [2.24, 2.45) is 7.05 Å². The van der Waals surface area contributed by atoms with Gasteiger partial charge >= 0.3 is 0 Å². The van der Waals surface area contributed by atoms with Crippen LogP contribution in [0.15, 0.2) is 36.5 Å². The van der Waals surface area contributed by atoms with Gasteiger partial charge in [0.25, 0.3) is 0 Å². The molecule has 0 spiro atoms. The molecule has 1 aromatic carbocycles. The molecular weight excluding hydrogens is 369 g/mol. The first kappa shape index (κ1) is 18.2. The Bertz CT molecular complexity index is 966. The predicted molar refractivity (Wildman–Crippen MR) is 97.0 cm³/mol. The molecule has 0 radical (unpaired) electrons. The first-order valence-corrected chi connectivity index (χ1v) is 8.51. The predicted octanol–water partition coefficient (Wildman–Crippen LogP) is 0.628. The van der Waals surface area contributed by atoms with Crippen LogP contribution in [0.1, 0.15) is 0 Å². The molecule has 0 bridgehead atoms. The van der Waals surface area contributed by atoms with Gasteiger partial charge < -0.3 is 25.2 Å². The second-order valence-corrected chi connectivity index (χ2v) is 6.27. The van der Waals surface area contributed by atoms with Crippen molar-refractivity contribution in [3.8, 4) is 11.1 Å². The van der Waals surface area contributed by atoms with Crippen LogP contribution in [-0.2, 0) is 11.8 Å². The molecule has 4 rings (SSSR count). The lowest BCUT2D eigenvalue weighted by Crippen LogP contribution is -2.29. The van der Waals surface area contributed by atoms with Crippen molar-refractivity contribution in [2.45, 2.75) is 12.5 Å². The smallest absolute Gasteiger partial charge is 0.248 e. The van der Waals surface area contributed by atoms with E-state index in [2.05, 4.69) is 25.8 Å². The van der Waals surface area contributed by atoms with Crippen molar-refractivity contribution in [3.63, 3.8) is 0 Å². The minimum Gasteiger partial charge on any atom is -0.394 e. The summed E-state index contributed by atoms with van der Waals surface area (Å²) in [6.45, 7) is 0.0554. The van der Waals surface area contributed by atoms with Crippen LogP contribution in [0.5, 0.6) is 0 Å². The standard InChI is InChI=1S/C17H18FN7O3/c1-24-16(21-22-23-24)20-15-5-2-10(7-19-15)13-4-3-11(6-14(13)18)25-8-12(9-26)28-17(25)27/h2-7,12,17,26-27H,8-9H2,1H3,(H,19,20,21,23)/t12-,17?/m1/s1. The summed E-state index contributed by atoms with van der Waals surface area (Å²) in [5, 5.41) is 33.1. The Morgan fingerprint density at radius 2 is 2.18 bits per heavy atom. The molecule has 2 atom stereocenters. The second kappa shape index (κ2) is 7.46. The van der Waals surface area contributed by atoms with E-state index in [4.69, 9.17) is 9.84 Å². The lowest BCUT2D eigenvalue weighted by molar-refractivity contribution is -0.0989. The number of aliphatic hydroxyl groups excluding tert-OH is 2. The molecule has 1 unspecified atom stereocenters. The highest BCUT2D eigenvalue weighted by Gasteiger charge is 2.31. The molecule has 28 heavy (non-hydrogen) atoms. The number of aromatic nitrogens is 5. The lowest BCUT2D eigenvalue weighted by atomic mass is 10.1. The van der Waals surface area contributed by atoms with E-state index in [0.717, 1.165) is 0 Å². The normalized spacial score (nSPS) is 19.2. The number of aliphatic hydroxyl groups is 2. The van der Waals surface area contributed by atoms with Crippen molar-refractivity contribution in [2.75, 3.05) is 23.4 Å². The fourth-order valence-electron chi connectivity index (χ4n) is 2.93. The Hall–Kier alpha value is -3.15. The van der Waals surface area contributed by atoms with Crippen LogP contribution in [-0.4, -0.2) is 61.1 Å². The first-order valence-electron chi connectivity index (χ1n) is 8.51. The van der Waals surface area contributed by atoms with E-state index in [-0.39, 0.29) is 13.2 Å². The highest BCUT2D eigenvalue weighted by Crippen LogP contribution is 2.30. The fourth-order valence-corrected chi connectivity index (χ4v) is 2.93. The maximum Gasteiger partial charge on any atom is 0.248 e. The number of tetrazole rings is 1. The monoisotopic (exact) mass is 387 g/mol. The summed E-state index contributed by atoms with van der Waals surface area (Å²) in [6, 6.07) is 8.04. The second-order valence-electron chi connectivity index (χ2n) is 6.27. The average Bonchev–Trinajstić information content (AvgIpc) is 3.28. The molecule has 2 aromatic heterocycles. The van der Waals surface area contributed by atoms with Gasteiger partial charge in [-0.1, -0.05) is 5.10 Å². The third-order valence-corrected chi connectivity index (χ3v) is 4.40. The Morgan fingerprint density at radius 3 is 2.79 bits per heavy atom. The molecule has 146 valence electrons. The highest BCUT2D eigenvalue weighted by atomic mass is 19.1. The van der Waals surface area contributed by atoms with Crippen LogP contribution < -0.4 is 10.2 Å². The van der Waals surface area contributed by atoms with Crippen molar-refractivity contribution in [1.82, 2.24) is 25.2 Å². The van der Waals surface area contributed by atoms with Gasteiger partial charge in [0, 0.05) is 30.1 Å². The van der Waals surface area contributed by atoms with Crippen LogP contribution in [0.4, 0.5) is 21.8 Å². The first-order chi connectivity index (χ1) is 13.5. The molecule has 10 nitrogen and oxygen atoms in total. The minimum atomic E-state index is -1.22. The van der Waals surface area contributed by atoms with Crippen molar-refractivity contribution in [3.05, 3.63) is 42.3 Å². The summed E-state index contributed by atoms with van der Waals surface area (Å²) in [5.74, 6) is 0.492. The van der Waals surface area contributed by atoms with Crippen molar-refractivity contribution in [1.29, 1.82) is 0 Å². The van der Waals surface area contributed by atoms with E-state index in [1.807, 2.05) is 0 Å². The quantitative estimate of drug-likeness (QED) is 0.578. The van der Waals surface area contributed by atoms with Gasteiger partial charge in [-0.3, -0.25) is 0 Å². The zero-order valence-corrected chi connectivity index (χ0v) is 14.9. The number of aryl methyl sites for hydroxylation is 1. The zero-order valence-electron chi connectivity index (χ0n) is 14.9. The largest absolute Gasteiger partial charge is 0.394 e. The molecule has 3 heterocycles. The van der Waals surface area contributed by atoms with Crippen LogP contribution in [0.25, 0.3) is 11.1 Å². The number of hydrogen-bond donors (Lipinski definition) is 3. The molecule has 0 aliphatic carbocycles. The Morgan fingerprint density at radius 1 is 1.32 bits per heavy atom. The summed E-state index contributed by atoms with van der Waals surface area (Å²) >= 11 is 0. The summed E-state index contributed by atoms with van der Waals surface area (Å²) in [5.41, 5.74) is 1.43. The van der Waals surface area contributed by atoms with E-state index in [1.165, 1.54) is 15.6 Å². The molecule has 0 amide bonds. The van der Waals surface area contributed by atoms with Crippen molar-refractivity contribution < 1.29 is 19.3 Å². The van der Waals surface area contributed by atoms with Gasteiger partial charge in [-0.2, -0.15) is 0 Å². The van der Waals surface area contributed by atoms with Gasteiger partial charge in [-0.25, -0.2) is 14.1 Å². The van der Waals surface area contributed by atoms with Gasteiger partial charge in [-0.05, 0) is 40.8 Å². The van der Waals surface area contributed by atoms with E-state index in [0.29, 0.717) is 28.6 Å². The number of hydrogen-bond acceptors (Lipinski definition) is 9. The molecule has 3 aromatic rings. The maximum atomic E-state index is 14.7. The highest BCUT2D eigenvalue weighted by molar-refractivity contribution is 5.68. The Balaban J connectivity index is 1.52. The van der Waals surface area contributed by atoms with Gasteiger partial charge in [-0.15, -0.1) is 0 Å². The number of pyridine rings is 1. The molecule has 1 aliphatic heterocycles. The minimum absolute atomic E-state index is 0.218. The molecule has 11 heteroatoms. The third kappa shape index (κ3) is 3.50. The van der Waals surface area contributed by atoms with E-state index < -0.39 is 18.3 Å². The van der Waals surface area contributed by atoms with Gasteiger partial charge in [0.2, 0.25) is 12.4 Å². The van der Waals surface area contributed by atoms with Crippen molar-refractivity contribution >= 4 is 17.5 Å². The Labute approximate surface area is 159 Å². The molecule has 1 fully saturated rings. The number of nitrogens with one attached hydrogen (secondary N) is 1. The lowest BCUT2D eigenvalue weighted by Gasteiger charge is -2.21. The molecule has 0 saturated carbocycles. The van der Waals surface area contributed by atoms with E-state index >= 15 is 0 Å². The number of ether oxygens (including phenoxy) is 1. The van der Waals surface area contributed by atoms with E-state index in [1.54, 1.807) is 37.5 Å². The van der Waals surface area contributed by atoms with Crippen LogP contribution in [0, 0.1) is 5.82 Å². The van der Waals surface area contributed by atoms with Gasteiger partial charge in [0.05, 0.1) is 13.2 Å². The topological polar surface area (TPSA) is 121 Å². The van der Waals surface area contributed by atoms with Crippen LogP contribution in [0.3, 0.4) is 0 Å². The molecular formula is C17H18FN7O3. The van der Waals surface area contributed by atoms with Gasteiger partial charge in [0.1, 0.15) is 17.7 Å². The SMILES string of the molecule is Cn1nnnc1Nc1ccc(-c2ccc(N3C[C@H](CO)OC3O)cc2F)cn1. The third-order valence-electron chi connectivity index (χ3n) is 4.40. The van der Waals surface area contributed by atoms with Gasteiger partial charge in [0.15, 0.2) is 0 Å². The number of nitrogens with zero attached hydrogens (tertiary/aromatic N) is 6. The Kier molecular flexibility index (Phi) is 4.86. The fraction of sp³-hybridized carbons (Fsp3) is 0.294. The summed E-state index contributed by atoms with van der Waals surface area (Å²) in [7, 11) is 1.69. The average molecular weight is 387 g/mol. The summed E-state index contributed by atoms with van der Waals surface area (Å²) < 4.78 is 21.3. The molecule has 1 saturated heterocycles. The molecule has 1 aliphatic rings. The number of halogens is 1. The van der Waals surface area contributed by atoms with E-state index in [9.17, 15) is 9.50 Å². The molecule has 3 N–H and O–H groups in total. The maximum absolute atomic E-state index is 14.7. The van der Waals surface area contributed by atoms with Crippen LogP contribution >= 0.6 is 0 Å².